The van der Waals surface area contributed by atoms with Crippen LogP contribution in [0.2, 0.25) is 10.0 Å². The van der Waals surface area contributed by atoms with Gasteiger partial charge in [-0.15, -0.1) is 0 Å². The number of H-pyrrole nitrogens is 1. The zero-order chi connectivity index (χ0) is 29.8. The number of carbonyl (C=O) groups excluding carboxylic acids is 3. The van der Waals surface area contributed by atoms with E-state index in [4.69, 9.17) is 27.9 Å². The molecule has 1 unspecified atom stereocenters. The second-order valence-corrected chi connectivity index (χ2v) is 13.3. The predicted molar refractivity (Wildman–Crippen MR) is 153 cm³/mol. The molecule has 5 rings (SSSR count). The number of hydrogen-bond acceptors (Lipinski definition) is 8. The maximum absolute atomic E-state index is 13.0. The SMILES string of the molecule is Cc1[nH]c(C(=O)NC2[C@H]3CN(c4nc(CC(=O)N5CCN(C(=O)OC(C)(C)C)CC5)c(C(=O)O)s4)C[C@@H]23)c(Cl)c1Cl. The molecule has 15 heteroatoms. The number of halogens is 2. The summed E-state index contributed by atoms with van der Waals surface area (Å²) in [4.78, 5) is 62.7. The number of thiazole rings is 1. The van der Waals surface area contributed by atoms with Gasteiger partial charge in [-0.2, -0.15) is 0 Å². The number of carbonyl (C=O) groups is 4. The van der Waals surface area contributed by atoms with Crippen LogP contribution < -0.4 is 10.2 Å². The Morgan fingerprint density at radius 1 is 1.07 bits per heavy atom. The topological polar surface area (TPSA) is 148 Å². The van der Waals surface area contributed by atoms with E-state index < -0.39 is 17.7 Å². The van der Waals surface area contributed by atoms with Gasteiger partial charge < -0.3 is 34.8 Å². The van der Waals surface area contributed by atoms with Crippen LogP contribution in [0.5, 0.6) is 0 Å². The van der Waals surface area contributed by atoms with E-state index in [0.29, 0.717) is 55.1 Å². The van der Waals surface area contributed by atoms with Gasteiger partial charge in [0, 0.05) is 62.8 Å². The number of fused-ring (bicyclic) bond motifs is 1. The number of nitrogens with one attached hydrogen (secondary N) is 2. The fraction of sp³-hybridized carbons (Fsp3) is 0.577. The molecule has 0 spiro atoms. The van der Waals surface area contributed by atoms with Crippen LogP contribution in [0.1, 0.15) is 52.3 Å². The minimum Gasteiger partial charge on any atom is -0.477 e. The van der Waals surface area contributed by atoms with Crippen LogP contribution in [0.3, 0.4) is 0 Å². The highest BCUT2D eigenvalue weighted by molar-refractivity contribution is 7.17. The van der Waals surface area contributed by atoms with Crippen molar-refractivity contribution in [2.45, 2.75) is 45.8 Å². The zero-order valence-electron chi connectivity index (χ0n) is 23.1. The van der Waals surface area contributed by atoms with E-state index in [1.165, 1.54) is 0 Å². The molecular formula is C26H32Cl2N6O6S. The highest BCUT2D eigenvalue weighted by Gasteiger charge is 2.57. The van der Waals surface area contributed by atoms with Crippen molar-refractivity contribution >= 4 is 63.5 Å². The van der Waals surface area contributed by atoms with Crippen LogP contribution in [-0.4, -0.2) is 99.7 Å². The van der Waals surface area contributed by atoms with Gasteiger partial charge in [0.1, 0.15) is 16.2 Å². The molecule has 3 atom stereocenters. The third-order valence-electron chi connectivity index (χ3n) is 7.53. The maximum Gasteiger partial charge on any atom is 0.410 e. The summed E-state index contributed by atoms with van der Waals surface area (Å²) in [6.45, 7) is 9.70. The van der Waals surface area contributed by atoms with Gasteiger partial charge in [0.15, 0.2) is 5.13 Å². The lowest BCUT2D eigenvalue weighted by Gasteiger charge is -2.35. The van der Waals surface area contributed by atoms with E-state index in [-0.39, 0.29) is 57.4 Å². The van der Waals surface area contributed by atoms with E-state index >= 15 is 0 Å². The number of aromatic nitrogens is 2. The van der Waals surface area contributed by atoms with Crippen LogP contribution >= 0.6 is 34.5 Å². The van der Waals surface area contributed by atoms with E-state index in [0.717, 1.165) is 11.3 Å². The summed E-state index contributed by atoms with van der Waals surface area (Å²) in [5, 5.41) is 13.9. The molecule has 12 nitrogen and oxygen atoms in total. The summed E-state index contributed by atoms with van der Waals surface area (Å²) in [5.41, 5.74) is 0.493. The number of amides is 3. The van der Waals surface area contributed by atoms with E-state index in [1.54, 1.807) is 37.5 Å². The molecule has 2 aliphatic heterocycles. The lowest BCUT2D eigenvalue weighted by Crippen LogP contribution is -2.52. The Bertz CT molecular complexity index is 1380. The molecule has 3 N–H and O–H groups in total. The molecule has 4 heterocycles. The highest BCUT2D eigenvalue weighted by atomic mass is 35.5. The number of aryl methyl sites for hydroxylation is 1. The molecular weight excluding hydrogens is 595 g/mol. The number of aromatic amines is 1. The summed E-state index contributed by atoms with van der Waals surface area (Å²) in [7, 11) is 0. The number of aromatic carboxylic acids is 1. The van der Waals surface area contributed by atoms with Crippen molar-refractivity contribution in [3.63, 3.8) is 0 Å². The Hall–Kier alpha value is -3.03. The molecule has 0 bridgehead atoms. The van der Waals surface area contributed by atoms with E-state index in [2.05, 4.69) is 15.3 Å². The second kappa shape index (κ2) is 11.0. The third kappa shape index (κ3) is 6.12. The first-order chi connectivity index (χ1) is 19.2. The molecule has 0 radical (unpaired) electrons. The standard InChI is InChI=1S/C26H32Cl2N6O6S/c1-12-17(27)18(28)20(29-12)22(36)31-19-13-10-34(11-14(13)19)24-30-15(21(41-24)23(37)38)9-16(35)32-5-7-33(8-6-32)25(39)40-26(2,3)4/h13-14,19,29H,5-11H2,1-4H3,(H,31,36)(H,37,38)/t13-,14+,19?. The molecule has 3 amide bonds. The largest absolute Gasteiger partial charge is 0.477 e. The predicted octanol–water partition coefficient (Wildman–Crippen LogP) is 3.27. The van der Waals surface area contributed by atoms with Crippen molar-refractivity contribution in [3.05, 3.63) is 32.0 Å². The molecule has 1 saturated carbocycles. The first-order valence-electron chi connectivity index (χ1n) is 13.3. The second-order valence-electron chi connectivity index (χ2n) is 11.6. The fourth-order valence-electron chi connectivity index (χ4n) is 5.33. The number of anilines is 1. The molecule has 2 aromatic rings. The molecule has 0 aromatic carbocycles. The van der Waals surface area contributed by atoms with Crippen molar-refractivity contribution in [3.8, 4) is 0 Å². The first-order valence-corrected chi connectivity index (χ1v) is 14.9. The van der Waals surface area contributed by atoms with Gasteiger partial charge in [-0.05, 0) is 27.7 Å². The van der Waals surface area contributed by atoms with Gasteiger partial charge in [-0.25, -0.2) is 14.6 Å². The molecule has 2 aromatic heterocycles. The average molecular weight is 628 g/mol. The number of nitrogens with zero attached hydrogens (tertiary/aromatic N) is 4. The fourth-order valence-corrected chi connectivity index (χ4v) is 6.69. The number of rotatable bonds is 6. The molecule has 3 aliphatic rings. The number of piperidine rings is 1. The van der Waals surface area contributed by atoms with Crippen LogP contribution in [0.4, 0.5) is 9.93 Å². The molecule has 222 valence electrons. The summed E-state index contributed by atoms with van der Waals surface area (Å²) in [6, 6.07) is -0.0171. The van der Waals surface area contributed by atoms with E-state index in [1.807, 2.05) is 4.90 Å². The van der Waals surface area contributed by atoms with Crippen LogP contribution in [0.25, 0.3) is 0 Å². The van der Waals surface area contributed by atoms with Gasteiger partial charge in [-0.1, -0.05) is 34.5 Å². The van der Waals surface area contributed by atoms with Crippen molar-refractivity contribution in [2.24, 2.45) is 11.8 Å². The van der Waals surface area contributed by atoms with Gasteiger partial charge in [-0.3, -0.25) is 9.59 Å². The summed E-state index contributed by atoms with van der Waals surface area (Å²) < 4.78 is 5.40. The summed E-state index contributed by atoms with van der Waals surface area (Å²) >= 11 is 13.3. The normalized spacial score (nSPS) is 22.0. The number of ether oxygens (including phenoxy) is 1. The van der Waals surface area contributed by atoms with Crippen molar-refractivity contribution in [1.29, 1.82) is 0 Å². The van der Waals surface area contributed by atoms with Crippen LogP contribution in [0, 0.1) is 18.8 Å². The molecule has 2 saturated heterocycles. The van der Waals surface area contributed by atoms with E-state index in [9.17, 15) is 24.3 Å². The Labute approximate surface area is 250 Å². The van der Waals surface area contributed by atoms with Crippen molar-refractivity contribution < 1.29 is 29.0 Å². The van der Waals surface area contributed by atoms with Crippen molar-refractivity contribution in [2.75, 3.05) is 44.2 Å². The smallest absolute Gasteiger partial charge is 0.410 e. The minimum atomic E-state index is -1.13. The van der Waals surface area contributed by atoms with Crippen LogP contribution in [0.15, 0.2) is 0 Å². The third-order valence-corrected chi connectivity index (χ3v) is 9.62. The Morgan fingerprint density at radius 2 is 1.68 bits per heavy atom. The van der Waals surface area contributed by atoms with Gasteiger partial charge in [0.05, 0.1) is 22.2 Å². The Kier molecular flexibility index (Phi) is 7.90. The Balaban J connectivity index is 1.16. The number of carboxylic acids is 1. The van der Waals surface area contributed by atoms with Gasteiger partial charge >= 0.3 is 12.1 Å². The number of piperazine rings is 1. The maximum atomic E-state index is 13.0. The molecule has 3 fully saturated rings. The lowest BCUT2D eigenvalue weighted by atomic mass is 10.2. The lowest BCUT2D eigenvalue weighted by molar-refractivity contribution is -0.132. The number of carboxylic acid groups (broad SMARTS) is 1. The summed E-state index contributed by atoms with van der Waals surface area (Å²) in [6.07, 6.45) is -0.553. The van der Waals surface area contributed by atoms with Crippen LogP contribution in [-0.2, 0) is 16.0 Å². The summed E-state index contributed by atoms with van der Waals surface area (Å²) in [5.74, 6) is -1.28. The quantitative estimate of drug-likeness (QED) is 0.442. The number of hydrogen-bond donors (Lipinski definition) is 3. The minimum absolute atomic E-state index is 0.0171. The zero-order valence-corrected chi connectivity index (χ0v) is 25.5. The molecule has 1 aliphatic carbocycles. The van der Waals surface area contributed by atoms with Crippen molar-refractivity contribution in [1.82, 2.24) is 25.1 Å². The average Bonchev–Trinajstić information content (AvgIpc) is 3.26. The first kappa shape index (κ1) is 29.5. The Morgan fingerprint density at radius 3 is 2.22 bits per heavy atom. The highest BCUT2D eigenvalue weighted by Crippen LogP contribution is 2.48. The molecule has 41 heavy (non-hydrogen) atoms. The monoisotopic (exact) mass is 626 g/mol. The van der Waals surface area contributed by atoms with Gasteiger partial charge in [0.25, 0.3) is 5.91 Å². The van der Waals surface area contributed by atoms with Gasteiger partial charge in [0.2, 0.25) is 5.91 Å².